The molecule has 0 aromatic carbocycles. The van der Waals surface area contributed by atoms with Gasteiger partial charge in [-0.05, 0) is 39.4 Å². The van der Waals surface area contributed by atoms with E-state index >= 15 is 0 Å². The van der Waals surface area contributed by atoms with Crippen LogP contribution in [0.3, 0.4) is 0 Å². The summed E-state index contributed by atoms with van der Waals surface area (Å²) < 4.78 is 0. The summed E-state index contributed by atoms with van der Waals surface area (Å²) in [6.07, 6.45) is 9.85. The highest BCUT2D eigenvalue weighted by Crippen LogP contribution is 2.09. The smallest absolute Gasteiger partial charge is 0.0204 e. The third-order valence-corrected chi connectivity index (χ3v) is 2.73. The van der Waals surface area contributed by atoms with Gasteiger partial charge in [0, 0.05) is 19.0 Å². The van der Waals surface area contributed by atoms with Crippen LogP contribution in [0.25, 0.3) is 0 Å². The Morgan fingerprint density at radius 3 is 3.00 bits per heavy atom. The van der Waals surface area contributed by atoms with Crippen molar-refractivity contribution in [1.29, 1.82) is 0 Å². The van der Waals surface area contributed by atoms with Crippen LogP contribution in [0.15, 0.2) is 0 Å². The Labute approximate surface area is 81.7 Å². The molecule has 0 radical (unpaired) electrons. The van der Waals surface area contributed by atoms with Crippen LogP contribution in [0.5, 0.6) is 0 Å². The SMILES string of the molecule is C#CCCCCN1CCC(NC)C1. The summed E-state index contributed by atoms with van der Waals surface area (Å²) in [5.41, 5.74) is 0. The molecule has 1 aliphatic heterocycles. The van der Waals surface area contributed by atoms with E-state index < -0.39 is 0 Å². The number of nitrogens with zero attached hydrogens (tertiary/aromatic N) is 1. The molecule has 0 spiro atoms. The zero-order valence-corrected chi connectivity index (χ0v) is 8.55. The quantitative estimate of drug-likeness (QED) is 0.503. The Hall–Kier alpha value is -0.520. The molecule has 74 valence electrons. The van der Waals surface area contributed by atoms with Crippen LogP contribution < -0.4 is 5.32 Å². The second-order valence-corrected chi connectivity index (χ2v) is 3.74. The van der Waals surface area contributed by atoms with E-state index in [1.807, 2.05) is 7.05 Å². The lowest BCUT2D eigenvalue weighted by atomic mass is 10.2. The first kappa shape index (κ1) is 10.6. The van der Waals surface area contributed by atoms with Crippen molar-refractivity contribution in [2.24, 2.45) is 0 Å². The first-order valence-electron chi connectivity index (χ1n) is 5.20. The van der Waals surface area contributed by atoms with Gasteiger partial charge in [-0.1, -0.05) is 0 Å². The summed E-state index contributed by atoms with van der Waals surface area (Å²) in [5.74, 6) is 2.68. The molecule has 0 saturated carbocycles. The largest absolute Gasteiger partial charge is 0.316 e. The van der Waals surface area contributed by atoms with E-state index in [1.54, 1.807) is 0 Å². The van der Waals surface area contributed by atoms with Gasteiger partial charge in [-0.25, -0.2) is 0 Å². The molecule has 1 heterocycles. The molecule has 13 heavy (non-hydrogen) atoms. The predicted octanol–water partition coefficient (Wildman–Crippen LogP) is 1.08. The van der Waals surface area contributed by atoms with Crippen molar-refractivity contribution in [1.82, 2.24) is 10.2 Å². The highest BCUT2D eigenvalue weighted by atomic mass is 15.2. The van der Waals surface area contributed by atoms with Gasteiger partial charge in [-0.3, -0.25) is 0 Å². The van der Waals surface area contributed by atoms with Gasteiger partial charge in [-0.15, -0.1) is 12.3 Å². The minimum absolute atomic E-state index is 0.715. The first-order chi connectivity index (χ1) is 6.36. The normalized spacial score (nSPS) is 23.2. The van der Waals surface area contributed by atoms with Crippen molar-refractivity contribution in [2.75, 3.05) is 26.7 Å². The fourth-order valence-corrected chi connectivity index (χ4v) is 1.83. The predicted molar refractivity (Wildman–Crippen MR) is 56.6 cm³/mol. The molecule has 0 aromatic heterocycles. The van der Waals surface area contributed by atoms with Gasteiger partial charge >= 0.3 is 0 Å². The molecule has 0 aliphatic carbocycles. The minimum atomic E-state index is 0.715. The van der Waals surface area contributed by atoms with Crippen molar-refractivity contribution in [3.8, 4) is 12.3 Å². The molecule has 0 amide bonds. The number of hydrogen-bond acceptors (Lipinski definition) is 2. The van der Waals surface area contributed by atoms with Gasteiger partial charge in [0.2, 0.25) is 0 Å². The number of rotatable bonds is 5. The Morgan fingerprint density at radius 1 is 1.54 bits per heavy atom. The van der Waals surface area contributed by atoms with Gasteiger partial charge in [0.1, 0.15) is 0 Å². The second kappa shape index (κ2) is 6.01. The third-order valence-electron chi connectivity index (χ3n) is 2.73. The Bertz CT molecular complexity index is 171. The zero-order valence-electron chi connectivity index (χ0n) is 8.55. The summed E-state index contributed by atoms with van der Waals surface area (Å²) in [6, 6.07) is 0.715. The third kappa shape index (κ3) is 3.80. The van der Waals surface area contributed by atoms with Crippen molar-refractivity contribution in [3.05, 3.63) is 0 Å². The maximum Gasteiger partial charge on any atom is 0.0204 e. The standard InChI is InChI=1S/C11H20N2/c1-3-4-5-6-8-13-9-7-11(10-13)12-2/h1,11-12H,4-10H2,2H3. The Morgan fingerprint density at radius 2 is 2.38 bits per heavy atom. The lowest BCUT2D eigenvalue weighted by Crippen LogP contribution is -2.30. The molecule has 1 atom stereocenters. The number of unbranched alkanes of at least 4 members (excludes halogenated alkanes) is 2. The van der Waals surface area contributed by atoms with E-state index in [1.165, 1.54) is 38.9 Å². The number of likely N-dealkylation sites (N-methyl/N-ethyl adjacent to an activating group) is 1. The minimum Gasteiger partial charge on any atom is -0.316 e. The van der Waals surface area contributed by atoms with Crippen molar-refractivity contribution < 1.29 is 0 Å². The molecule has 1 rings (SSSR count). The summed E-state index contributed by atoms with van der Waals surface area (Å²) >= 11 is 0. The van der Waals surface area contributed by atoms with E-state index in [0.717, 1.165) is 6.42 Å². The lowest BCUT2D eigenvalue weighted by molar-refractivity contribution is 0.322. The van der Waals surface area contributed by atoms with Gasteiger partial charge in [-0.2, -0.15) is 0 Å². The molecule has 1 unspecified atom stereocenters. The van der Waals surface area contributed by atoms with Crippen LogP contribution in [-0.4, -0.2) is 37.6 Å². The second-order valence-electron chi connectivity index (χ2n) is 3.74. The summed E-state index contributed by atoms with van der Waals surface area (Å²) in [6.45, 7) is 3.69. The number of nitrogens with one attached hydrogen (secondary N) is 1. The molecule has 1 aliphatic rings. The molecular weight excluding hydrogens is 160 g/mol. The molecule has 2 nitrogen and oxygen atoms in total. The molecule has 0 aromatic rings. The average Bonchev–Trinajstić information content (AvgIpc) is 2.60. The number of hydrogen-bond donors (Lipinski definition) is 1. The number of terminal acetylenes is 1. The van der Waals surface area contributed by atoms with Crippen molar-refractivity contribution >= 4 is 0 Å². The average molecular weight is 180 g/mol. The fraction of sp³-hybridized carbons (Fsp3) is 0.818. The van der Waals surface area contributed by atoms with Crippen LogP contribution in [0.4, 0.5) is 0 Å². The maximum absolute atomic E-state index is 5.19. The van der Waals surface area contributed by atoms with Gasteiger partial charge in [0.05, 0.1) is 0 Å². The molecule has 2 heteroatoms. The summed E-state index contributed by atoms with van der Waals surface area (Å²) in [7, 11) is 2.05. The molecule has 1 saturated heterocycles. The van der Waals surface area contributed by atoms with E-state index in [-0.39, 0.29) is 0 Å². The highest BCUT2D eigenvalue weighted by molar-refractivity contribution is 4.84. The van der Waals surface area contributed by atoms with Gasteiger partial charge in [0.15, 0.2) is 0 Å². The maximum atomic E-state index is 5.19. The zero-order chi connectivity index (χ0) is 9.52. The van der Waals surface area contributed by atoms with E-state index in [0.29, 0.717) is 6.04 Å². The van der Waals surface area contributed by atoms with Crippen LogP contribution >= 0.6 is 0 Å². The summed E-state index contributed by atoms with van der Waals surface area (Å²) in [5, 5.41) is 3.32. The molecule has 1 fully saturated rings. The van der Waals surface area contributed by atoms with Crippen LogP contribution in [-0.2, 0) is 0 Å². The van der Waals surface area contributed by atoms with Gasteiger partial charge in [0.25, 0.3) is 0 Å². The molecule has 1 N–H and O–H groups in total. The van der Waals surface area contributed by atoms with E-state index in [2.05, 4.69) is 16.1 Å². The number of likely N-dealkylation sites (tertiary alicyclic amines) is 1. The monoisotopic (exact) mass is 180 g/mol. The molecular formula is C11H20N2. The lowest BCUT2D eigenvalue weighted by Gasteiger charge is -2.14. The summed E-state index contributed by atoms with van der Waals surface area (Å²) in [4.78, 5) is 2.53. The Kier molecular flexibility index (Phi) is 4.88. The van der Waals surface area contributed by atoms with E-state index in [9.17, 15) is 0 Å². The highest BCUT2D eigenvalue weighted by Gasteiger charge is 2.19. The van der Waals surface area contributed by atoms with Crippen molar-refractivity contribution in [2.45, 2.75) is 31.7 Å². The fourth-order valence-electron chi connectivity index (χ4n) is 1.83. The van der Waals surface area contributed by atoms with Crippen LogP contribution in [0.1, 0.15) is 25.7 Å². The molecule has 0 bridgehead atoms. The van der Waals surface area contributed by atoms with Crippen LogP contribution in [0, 0.1) is 12.3 Å². The first-order valence-corrected chi connectivity index (χ1v) is 5.20. The van der Waals surface area contributed by atoms with Crippen molar-refractivity contribution in [3.63, 3.8) is 0 Å². The van der Waals surface area contributed by atoms with Gasteiger partial charge < -0.3 is 10.2 Å². The van der Waals surface area contributed by atoms with E-state index in [4.69, 9.17) is 6.42 Å². The Balaban J connectivity index is 2.01. The van der Waals surface area contributed by atoms with Crippen LogP contribution in [0.2, 0.25) is 0 Å². The topological polar surface area (TPSA) is 15.3 Å².